The molecule has 3 nitrogen and oxygen atoms in total. The Kier molecular flexibility index (Phi) is 6.08. The molecule has 1 N–H and O–H groups in total. The number of hydrogen-bond donors (Lipinski definition) is 1. The van der Waals surface area contributed by atoms with E-state index in [1.165, 1.54) is 4.90 Å². The lowest BCUT2D eigenvalue weighted by Gasteiger charge is -2.22. The number of halogens is 3. The summed E-state index contributed by atoms with van der Waals surface area (Å²) >= 11 is 0. The molecule has 0 fully saturated rings. The largest absolute Gasteiger partial charge is 0.401 e. The monoisotopic (exact) mass is 275 g/mol. The second-order valence-corrected chi connectivity index (χ2v) is 4.37. The summed E-state index contributed by atoms with van der Waals surface area (Å²) in [5, 5.41) is 3.05. The Hall–Kier alpha value is -1.30. The molecule has 1 heterocycles. The average Bonchev–Trinajstić information content (AvgIpc) is 2.28. The molecule has 0 atom stereocenters. The zero-order valence-corrected chi connectivity index (χ0v) is 11.3. The van der Waals surface area contributed by atoms with E-state index < -0.39 is 12.7 Å². The van der Waals surface area contributed by atoms with Gasteiger partial charge in [-0.05, 0) is 32.0 Å². The lowest BCUT2D eigenvalue weighted by atomic mass is 10.3. The topological polar surface area (TPSA) is 28.2 Å². The number of anilines is 1. The minimum Gasteiger partial charge on any atom is -0.370 e. The number of pyridine rings is 1. The molecule has 19 heavy (non-hydrogen) atoms. The maximum Gasteiger partial charge on any atom is 0.401 e. The third-order valence-electron chi connectivity index (χ3n) is 2.49. The van der Waals surface area contributed by atoms with Gasteiger partial charge >= 0.3 is 6.18 Å². The van der Waals surface area contributed by atoms with E-state index in [0.717, 1.165) is 6.54 Å². The van der Waals surface area contributed by atoms with Crippen LogP contribution >= 0.6 is 0 Å². The molecule has 1 aromatic heterocycles. The molecule has 0 aliphatic carbocycles. The molecule has 0 spiro atoms. The Labute approximate surface area is 111 Å². The van der Waals surface area contributed by atoms with Gasteiger partial charge in [0.2, 0.25) is 0 Å². The first-order valence-electron chi connectivity index (χ1n) is 6.43. The Morgan fingerprint density at radius 3 is 2.58 bits per heavy atom. The minimum atomic E-state index is -4.17. The van der Waals surface area contributed by atoms with Crippen molar-refractivity contribution >= 4 is 5.82 Å². The van der Waals surface area contributed by atoms with Gasteiger partial charge in [0.05, 0.1) is 12.2 Å². The molecular weight excluding hydrogens is 255 g/mol. The van der Waals surface area contributed by atoms with Gasteiger partial charge < -0.3 is 5.32 Å². The van der Waals surface area contributed by atoms with Crippen molar-refractivity contribution in [3.63, 3.8) is 0 Å². The van der Waals surface area contributed by atoms with Crippen molar-refractivity contribution < 1.29 is 13.2 Å². The van der Waals surface area contributed by atoms with Crippen molar-refractivity contribution in [3.05, 3.63) is 23.9 Å². The fraction of sp³-hybridized carbons (Fsp3) is 0.615. The molecule has 0 aliphatic heterocycles. The molecule has 0 bridgehead atoms. The lowest BCUT2D eigenvalue weighted by Crippen LogP contribution is -2.34. The maximum atomic E-state index is 12.5. The first-order chi connectivity index (χ1) is 8.94. The SMILES string of the molecule is CCCN(Cc1cccc(NCC)n1)CC(F)(F)F. The highest BCUT2D eigenvalue weighted by Gasteiger charge is 2.30. The standard InChI is InChI=1S/C13H20F3N3/c1-3-8-19(10-13(14,15)16)9-11-6-5-7-12(18-11)17-4-2/h5-7H,3-4,8-10H2,1-2H3,(H,17,18). The van der Waals surface area contributed by atoms with Crippen molar-refractivity contribution in [2.75, 3.05) is 25.0 Å². The first kappa shape index (κ1) is 15.8. The summed E-state index contributed by atoms with van der Waals surface area (Å²) < 4.78 is 37.4. The summed E-state index contributed by atoms with van der Waals surface area (Å²) in [6, 6.07) is 5.36. The fourth-order valence-electron chi connectivity index (χ4n) is 1.86. The van der Waals surface area contributed by atoms with E-state index >= 15 is 0 Å². The summed E-state index contributed by atoms with van der Waals surface area (Å²) in [4.78, 5) is 5.67. The van der Waals surface area contributed by atoms with Crippen molar-refractivity contribution in [2.24, 2.45) is 0 Å². The zero-order chi connectivity index (χ0) is 14.3. The number of nitrogens with one attached hydrogen (secondary N) is 1. The number of alkyl halides is 3. The summed E-state index contributed by atoms with van der Waals surface area (Å²) in [7, 11) is 0. The third-order valence-corrected chi connectivity index (χ3v) is 2.49. The van der Waals surface area contributed by atoms with Crippen LogP contribution in [0.5, 0.6) is 0 Å². The second-order valence-electron chi connectivity index (χ2n) is 4.37. The predicted octanol–water partition coefficient (Wildman–Crippen LogP) is 3.29. The van der Waals surface area contributed by atoms with Gasteiger partial charge in [-0.3, -0.25) is 4.90 Å². The van der Waals surface area contributed by atoms with Crippen LogP contribution in [0.3, 0.4) is 0 Å². The molecular formula is C13H20F3N3. The highest BCUT2D eigenvalue weighted by atomic mass is 19.4. The lowest BCUT2D eigenvalue weighted by molar-refractivity contribution is -0.147. The van der Waals surface area contributed by atoms with Crippen LogP contribution in [0.2, 0.25) is 0 Å². The molecule has 0 amide bonds. The molecule has 6 heteroatoms. The van der Waals surface area contributed by atoms with Crippen molar-refractivity contribution in [1.29, 1.82) is 0 Å². The molecule has 0 unspecified atom stereocenters. The molecule has 0 saturated heterocycles. The van der Waals surface area contributed by atoms with Crippen LogP contribution in [0.1, 0.15) is 26.0 Å². The van der Waals surface area contributed by atoms with E-state index in [9.17, 15) is 13.2 Å². The van der Waals surface area contributed by atoms with Gasteiger partial charge in [0, 0.05) is 13.1 Å². The molecule has 1 aromatic rings. The van der Waals surface area contributed by atoms with E-state index in [1.807, 2.05) is 13.8 Å². The Morgan fingerprint density at radius 2 is 2.00 bits per heavy atom. The van der Waals surface area contributed by atoms with E-state index in [0.29, 0.717) is 24.5 Å². The predicted molar refractivity (Wildman–Crippen MR) is 70.0 cm³/mol. The van der Waals surface area contributed by atoms with E-state index in [2.05, 4.69) is 10.3 Å². The first-order valence-corrected chi connectivity index (χ1v) is 6.43. The van der Waals surface area contributed by atoms with Crippen LogP contribution in [0.25, 0.3) is 0 Å². The molecule has 0 aromatic carbocycles. The Bertz CT molecular complexity index is 380. The average molecular weight is 275 g/mol. The molecule has 0 aliphatic rings. The minimum absolute atomic E-state index is 0.215. The highest BCUT2D eigenvalue weighted by Crippen LogP contribution is 2.18. The Balaban J connectivity index is 2.69. The third kappa shape index (κ3) is 6.42. The van der Waals surface area contributed by atoms with Crippen molar-refractivity contribution in [2.45, 2.75) is 33.0 Å². The van der Waals surface area contributed by atoms with Gasteiger partial charge in [-0.2, -0.15) is 13.2 Å². The highest BCUT2D eigenvalue weighted by molar-refractivity contribution is 5.34. The van der Waals surface area contributed by atoms with Gasteiger partial charge in [0.15, 0.2) is 0 Å². The Morgan fingerprint density at radius 1 is 1.26 bits per heavy atom. The molecule has 0 radical (unpaired) electrons. The van der Waals surface area contributed by atoms with E-state index in [-0.39, 0.29) is 6.54 Å². The van der Waals surface area contributed by atoms with Gasteiger partial charge in [-0.1, -0.05) is 13.0 Å². The summed E-state index contributed by atoms with van der Waals surface area (Å²) in [5.74, 6) is 0.698. The normalized spacial score (nSPS) is 11.9. The molecule has 108 valence electrons. The number of hydrogen-bond acceptors (Lipinski definition) is 3. The van der Waals surface area contributed by atoms with Crippen molar-refractivity contribution in [1.82, 2.24) is 9.88 Å². The van der Waals surface area contributed by atoms with E-state index in [1.54, 1.807) is 18.2 Å². The van der Waals surface area contributed by atoms with Gasteiger partial charge in [-0.25, -0.2) is 4.98 Å². The smallest absolute Gasteiger partial charge is 0.370 e. The summed E-state index contributed by atoms with van der Waals surface area (Å²) in [6.07, 6.45) is -3.49. The molecule has 0 saturated carbocycles. The maximum absolute atomic E-state index is 12.5. The van der Waals surface area contributed by atoms with Crippen LogP contribution in [0, 0.1) is 0 Å². The van der Waals surface area contributed by atoms with Gasteiger partial charge in [-0.15, -0.1) is 0 Å². The fourth-order valence-corrected chi connectivity index (χ4v) is 1.86. The van der Waals surface area contributed by atoms with Crippen LogP contribution in [-0.2, 0) is 6.54 Å². The van der Waals surface area contributed by atoms with Crippen LogP contribution in [0.4, 0.5) is 19.0 Å². The van der Waals surface area contributed by atoms with Crippen molar-refractivity contribution in [3.8, 4) is 0 Å². The summed E-state index contributed by atoms with van der Waals surface area (Å²) in [5.41, 5.74) is 0.649. The number of nitrogens with zero attached hydrogens (tertiary/aromatic N) is 2. The zero-order valence-electron chi connectivity index (χ0n) is 11.3. The molecule has 1 rings (SSSR count). The van der Waals surface area contributed by atoms with E-state index in [4.69, 9.17) is 0 Å². The summed E-state index contributed by atoms with van der Waals surface area (Å²) in [6.45, 7) is 4.28. The van der Waals surface area contributed by atoms with Crippen LogP contribution in [-0.4, -0.2) is 35.7 Å². The van der Waals surface area contributed by atoms with Crippen LogP contribution < -0.4 is 5.32 Å². The van der Waals surface area contributed by atoms with Gasteiger partial charge in [0.25, 0.3) is 0 Å². The quantitative estimate of drug-likeness (QED) is 0.827. The number of rotatable bonds is 7. The van der Waals surface area contributed by atoms with Gasteiger partial charge in [0.1, 0.15) is 5.82 Å². The number of aromatic nitrogens is 1. The van der Waals surface area contributed by atoms with Crippen LogP contribution in [0.15, 0.2) is 18.2 Å². The second kappa shape index (κ2) is 7.33.